The number of primary amides is 1. The second-order valence-electron chi connectivity index (χ2n) is 8.07. The normalized spacial score (nSPS) is 19.6. The Balaban J connectivity index is 1.76. The van der Waals surface area contributed by atoms with Gasteiger partial charge in [0.25, 0.3) is 0 Å². The number of aromatic nitrogens is 4. The van der Waals surface area contributed by atoms with Crippen molar-refractivity contribution in [3.63, 3.8) is 0 Å². The van der Waals surface area contributed by atoms with E-state index in [1.54, 1.807) is 11.5 Å². The lowest BCUT2D eigenvalue weighted by Gasteiger charge is -2.29. The molecule has 11 heteroatoms. The minimum Gasteiger partial charge on any atom is -0.394 e. The quantitative estimate of drug-likeness (QED) is 0.440. The fraction of sp³-hybridized carbons (Fsp3) is 0.429. The number of benzene rings is 1. The lowest BCUT2D eigenvalue weighted by Crippen LogP contribution is -2.29. The third-order valence-electron chi connectivity index (χ3n) is 5.75. The van der Waals surface area contributed by atoms with Gasteiger partial charge in [0, 0.05) is 18.0 Å². The van der Waals surface area contributed by atoms with E-state index in [1.807, 2.05) is 0 Å². The number of fused-ring (bicyclic) bond motifs is 1. The number of nitrogens with two attached hydrogens (primary N) is 1. The number of amides is 1. The van der Waals surface area contributed by atoms with E-state index in [0.717, 1.165) is 12.1 Å². The highest BCUT2D eigenvalue weighted by Crippen LogP contribution is 2.37. The summed E-state index contributed by atoms with van der Waals surface area (Å²) in [7, 11) is 0. The van der Waals surface area contributed by atoms with Gasteiger partial charge in [0.15, 0.2) is 5.65 Å². The lowest BCUT2D eigenvalue weighted by atomic mass is 9.85. The first-order chi connectivity index (χ1) is 15.4. The smallest absolute Gasteiger partial charge is 0.225 e. The highest BCUT2D eigenvalue weighted by molar-refractivity contribution is 5.78. The van der Waals surface area contributed by atoms with Gasteiger partial charge in [-0.15, -0.1) is 0 Å². The van der Waals surface area contributed by atoms with Gasteiger partial charge in [-0.2, -0.15) is 4.98 Å². The third-order valence-corrected chi connectivity index (χ3v) is 5.75. The molecule has 1 aromatic carbocycles. The van der Waals surface area contributed by atoms with Crippen molar-refractivity contribution in [2.75, 3.05) is 17.2 Å². The molecule has 0 aliphatic heterocycles. The number of carbonyl (C=O) groups is 1. The molecule has 1 fully saturated rings. The van der Waals surface area contributed by atoms with Crippen LogP contribution in [0.25, 0.3) is 11.2 Å². The molecule has 0 saturated heterocycles. The summed E-state index contributed by atoms with van der Waals surface area (Å²) in [6.07, 6.45) is 3.99. The standard InChI is InChI=1S/C21H25F2N7O2/c1-11(10-31)26-20-25-9-16-19(29-20)30(13-7-5-12(6-8-13)18(24)32)21(27-16)28-17-14(22)3-2-4-15(17)23/h2-4,9,11-13,31H,5-8,10H2,1H3,(H2,24,32)(H,27,28)(H,25,26,29)/t11-,12-,13+/m0/s1. The minimum atomic E-state index is -0.744. The van der Waals surface area contributed by atoms with Crippen molar-refractivity contribution in [1.29, 1.82) is 0 Å². The minimum absolute atomic E-state index is 0.100. The van der Waals surface area contributed by atoms with Gasteiger partial charge in [-0.25, -0.2) is 18.7 Å². The van der Waals surface area contributed by atoms with Crippen LogP contribution in [-0.2, 0) is 4.79 Å². The zero-order chi connectivity index (χ0) is 22.8. The van der Waals surface area contributed by atoms with E-state index in [4.69, 9.17) is 5.73 Å². The van der Waals surface area contributed by atoms with Crippen LogP contribution >= 0.6 is 0 Å². The van der Waals surface area contributed by atoms with Crippen LogP contribution in [0.15, 0.2) is 24.4 Å². The molecule has 0 spiro atoms. The first-order valence-corrected chi connectivity index (χ1v) is 10.5. The maximum Gasteiger partial charge on any atom is 0.225 e. The Morgan fingerprint density at radius 2 is 1.94 bits per heavy atom. The molecule has 0 radical (unpaired) electrons. The van der Waals surface area contributed by atoms with Crippen molar-refractivity contribution in [1.82, 2.24) is 19.5 Å². The molecule has 1 atom stereocenters. The van der Waals surface area contributed by atoms with Crippen LogP contribution in [0.3, 0.4) is 0 Å². The van der Waals surface area contributed by atoms with Crippen molar-refractivity contribution in [3.8, 4) is 0 Å². The Kier molecular flexibility index (Phi) is 6.17. The largest absolute Gasteiger partial charge is 0.394 e. The SMILES string of the molecule is C[C@@H](CO)Nc1ncc2nc(Nc3c(F)cccc3F)n([C@H]3CC[C@@H](C(N)=O)CC3)c2n1. The number of hydrogen-bond acceptors (Lipinski definition) is 7. The molecule has 3 aromatic rings. The number of para-hydroxylation sites is 1. The maximum absolute atomic E-state index is 14.3. The van der Waals surface area contributed by atoms with Crippen LogP contribution in [0.5, 0.6) is 0 Å². The molecule has 1 aliphatic rings. The number of hydrogen-bond donors (Lipinski definition) is 4. The Morgan fingerprint density at radius 1 is 1.25 bits per heavy atom. The molecule has 1 aliphatic carbocycles. The summed E-state index contributed by atoms with van der Waals surface area (Å²) in [6.45, 7) is 1.68. The second-order valence-corrected chi connectivity index (χ2v) is 8.07. The fourth-order valence-corrected chi connectivity index (χ4v) is 4.01. The van der Waals surface area contributed by atoms with Gasteiger partial charge < -0.3 is 21.5 Å². The zero-order valence-electron chi connectivity index (χ0n) is 17.6. The van der Waals surface area contributed by atoms with Crippen LogP contribution in [0, 0.1) is 17.6 Å². The van der Waals surface area contributed by atoms with E-state index in [0.29, 0.717) is 42.8 Å². The van der Waals surface area contributed by atoms with E-state index < -0.39 is 11.6 Å². The predicted molar refractivity (Wildman–Crippen MR) is 115 cm³/mol. The second kappa shape index (κ2) is 9.03. The monoisotopic (exact) mass is 445 g/mol. The number of imidazole rings is 1. The molecule has 0 unspecified atom stereocenters. The molecule has 32 heavy (non-hydrogen) atoms. The van der Waals surface area contributed by atoms with Gasteiger partial charge in [0.2, 0.25) is 17.8 Å². The van der Waals surface area contributed by atoms with E-state index in [1.165, 1.54) is 12.3 Å². The van der Waals surface area contributed by atoms with Crippen molar-refractivity contribution >= 4 is 34.7 Å². The topological polar surface area (TPSA) is 131 Å². The van der Waals surface area contributed by atoms with Gasteiger partial charge >= 0.3 is 0 Å². The average Bonchev–Trinajstić information content (AvgIpc) is 3.13. The van der Waals surface area contributed by atoms with Gasteiger partial charge in [-0.05, 0) is 44.7 Å². The molecule has 0 bridgehead atoms. The summed E-state index contributed by atoms with van der Waals surface area (Å²) in [5.41, 5.74) is 6.08. The van der Waals surface area contributed by atoms with Crippen LogP contribution in [-0.4, -0.2) is 43.2 Å². The predicted octanol–water partition coefficient (Wildman–Crippen LogP) is 2.86. The Labute approximate surface area is 183 Å². The number of aliphatic hydroxyl groups is 1. The highest BCUT2D eigenvalue weighted by Gasteiger charge is 2.29. The molecule has 2 heterocycles. The Bertz CT molecular complexity index is 1110. The molecule has 4 rings (SSSR count). The van der Waals surface area contributed by atoms with Crippen molar-refractivity contribution in [2.45, 2.75) is 44.7 Å². The maximum atomic E-state index is 14.3. The molecule has 1 saturated carbocycles. The highest BCUT2D eigenvalue weighted by atomic mass is 19.1. The van der Waals surface area contributed by atoms with Crippen molar-refractivity contribution < 1.29 is 18.7 Å². The number of aliphatic hydroxyl groups excluding tert-OH is 1. The number of anilines is 3. The summed E-state index contributed by atoms with van der Waals surface area (Å²) in [5.74, 6) is -1.48. The van der Waals surface area contributed by atoms with E-state index in [9.17, 15) is 18.7 Å². The molecule has 170 valence electrons. The molecule has 9 nitrogen and oxygen atoms in total. The Hall–Kier alpha value is -3.34. The average molecular weight is 445 g/mol. The van der Waals surface area contributed by atoms with Gasteiger partial charge in [-0.3, -0.25) is 9.36 Å². The molecule has 1 amide bonds. The summed E-state index contributed by atoms with van der Waals surface area (Å²) in [5, 5.41) is 15.1. The Morgan fingerprint density at radius 3 is 2.56 bits per heavy atom. The summed E-state index contributed by atoms with van der Waals surface area (Å²) < 4.78 is 30.4. The van der Waals surface area contributed by atoms with Gasteiger partial charge in [0.05, 0.1) is 12.8 Å². The van der Waals surface area contributed by atoms with Crippen LogP contribution in [0.1, 0.15) is 38.6 Å². The van der Waals surface area contributed by atoms with E-state index in [2.05, 4.69) is 25.6 Å². The van der Waals surface area contributed by atoms with Crippen LogP contribution < -0.4 is 16.4 Å². The lowest BCUT2D eigenvalue weighted by molar-refractivity contribution is -0.122. The molecular weight excluding hydrogens is 420 g/mol. The van der Waals surface area contributed by atoms with Crippen LogP contribution in [0.2, 0.25) is 0 Å². The first kappa shape index (κ1) is 21.9. The molecule has 5 N–H and O–H groups in total. The van der Waals surface area contributed by atoms with Crippen LogP contribution in [0.4, 0.5) is 26.4 Å². The van der Waals surface area contributed by atoms with E-state index in [-0.39, 0.29) is 42.2 Å². The van der Waals surface area contributed by atoms with E-state index >= 15 is 0 Å². The van der Waals surface area contributed by atoms with Crippen molar-refractivity contribution in [2.24, 2.45) is 11.7 Å². The number of halogens is 2. The first-order valence-electron chi connectivity index (χ1n) is 10.5. The number of carbonyl (C=O) groups excluding carboxylic acids is 1. The summed E-state index contributed by atoms with van der Waals surface area (Å²) in [6, 6.07) is 3.24. The van der Waals surface area contributed by atoms with Gasteiger partial charge in [-0.1, -0.05) is 6.07 Å². The zero-order valence-corrected chi connectivity index (χ0v) is 17.6. The number of rotatable bonds is 7. The van der Waals surface area contributed by atoms with Crippen molar-refractivity contribution in [3.05, 3.63) is 36.0 Å². The fourth-order valence-electron chi connectivity index (χ4n) is 4.01. The molecule has 2 aromatic heterocycles. The molecular formula is C21H25F2N7O2. The number of nitrogens with one attached hydrogen (secondary N) is 2. The van der Waals surface area contributed by atoms with Gasteiger partial charge in [0.1, 0.15) is 22.8 Å². The number of nitrogens with zero attached hydrogens (tertiary/aromatic N) is 4. The third kappa shape index (κ3) is 4.33. The summed E-state index contributed by atoms with van der Waals surface area (Å²) in [4.78, 5) is 24.8. The summed E-state index contributed by atoms with van der Waals surface area (Å²) >= 11 is 0.